The van der Waals surface area contributed by atoms with E-state index in [1.54, 1.807) is 4.57 Å². The average molecular weight is 523 g/mol. The SMILES string of the molecule is C=c1c(=O)[nH]c2n1Cc1cc(OCCCCCC(=O)N(C)C(c3ccccc3)c3ccccc3)cc(C)c1N=2. The molecular formula is C32H34N4O3. The molecule has 7 nitrogen and oxygen atoms in total. The molecule has 0 unspecified atom stereocenters. The number of ether oxygens (including phenoxy) is 1. The summed E-state index contributed by atoms with van der Waals surface area (Å²) in [5, 5.41) is 0.405. The van der Waals surface area contributed by atoms with Crippen LogP contribution in [0.25, 0.3) is 6.58 Å². The van der Waals surface area contributed by atoms with Gasteiger partial charge in [-0.15, -0.1) is 0 Å². The van der Waals surface area contributed by atoms with E-state index < -0.39 is 0 Å². The van der Waals surface area contributed by atoms with Gasteiger partial charge in [0.15, 0.2) is 0 Å². The molecule has 1 aliphatic heterocycles. The minimum Gasteiger partial charge on any atom is -0.494 e. The van der Waals surface area contributed by atoms with Crippen LogP contribution in [-0.2, 0) is 11.3 Å². The molecule has 1 aromatic heterocycles. The third kappa shape index (κ3) is 5.72. The lowest BCUT2D eigenvalue weighted by atomic mass is 9.97. The van der Waals surface area contributed by atoms with Crippen LogP contribution in [0.15, 0.2) is 82.6 Å². The van der Waals surface area contributed by atoms with E-state index in [4.69, 9.17) is 4.74 Å². The van der Waals surface area contributed by atoms with Crippen LogP contribution in [0.2, 0.25) is 0 Å². The van der Waals surface area contributed by atoms with Gasteiger partial charge in [0.05, 0.1) is 24.9 Å². The molecule has 0 atom stereocenters. The Morgan fingerprint density at radius 3 is 2.38 bits per heavy atom. The highest BCUT2D eigenvalue weighted by Crippen LogP contribution is 2.31. The molecule has 0 aliphatic carbocycles. The number of amides is 1. The van der Waals surface area contributed by atoms with Gasteiger partial charge in [-0.25, -0.2) is 4.99 Å². The number of hydrogen-bond acceptors (Lipinski definition) is 4. The van der Waals surface area contributed by atoms with E-state index in [1.807, 2.05) is 67.4 Å². The third-order valence-electron chi connectivity index (χ3n) is 7.28. The minimum absolute atomic E-state index is 0.109. The molecule has 0 saturated carbocycles. The monoisotopic (exact) mass is 522 g/mol. The van der Waals surface area contributed by atoms with Gasteiger partial charge in [-0.05, 0) is 55.0 Å². The number of aromatic amines is 1. The summed E-state index contributed by atoms with van der Waals surface area (Å²) in [6.45, 7) is 6.96. The molecule has 200 valence electrons. The zero-order valence-corrected chi connectivity index (χ0v) is 22.5. The normalized spacial score (nSPS) is 12.0. The summed E-state index contributed by atoms with van der Waals surface area (Å²) < 4.78 is 7.85. The smallest absolute Gasteiger partial charge is 0.274 e. The van der Waals surface area contributed by atoms with Gasteiger partial charge in [-0.3, -0.25) is 14.6 Å². The summed E-state index contributed by atoms with van der Waals surface area (Å²) in [7, 11) is 1.89. The van der Waals surface area contributed by atoms with Crippen LogP contribution in [0.4, 0.5) is 5.69 Å². The van der Waals surface area contributed by atoms with Crippen molar-refractivity contribution in [3.63, 3.8) is 0 Å². The lowest BCUT2D eigenvalue weighted by molar-refractivity contribution is -0.131. The van der Waals surface area contributed by atoms with Gasteiger partial charge in [-0.2, -0.15) is 0 Å². The number of aromatic nitrogens is 2. The zero-order valence-electron chi connectivity index (χ0n) is 22.5. The van der Waals surface area contributed by atoms with E-state index in [0.29, 0.717) is 30.5 Å². The highest BCUT2D eigenvalue weighted by molar-refractivity contribution is 5.77. The van der Waals surface area contributed by atoms with Gasteiger partial charge < -0.3 is 14.2 Å². The molecule has 0 spiro atoms. The highest BCUT2D eigenvalue weighted by atomic mass is 16.5. The Morgan fingerprint density at radius 1 is 1.05 bits per heavy atom. The van der Waals surface area contributed by atoms with Crippen LogP contribution in [0, 0.1) is 6.92 Å². The number of nitrogens with zero attached hydrogens (tertiary/aromatic N) is 3. The summed E-state index contributed by atoms with van der Waals surface area (Å²) in [5.74, 6) is 0.925. The molecule has 7 heteroatoms. The van der Waals surface area contributed by atoms with Gasteiger partial charge in [0.25, 0.3) is 5.56 Å². The first-order valence-electron chi connectivity index (χ1n) is 13.4. The number of H-pyrrole nitrogens is 1. The van der Waals surface area contributed by atoms with Crippen LogP contribution in [0.5, 0.6) is 5.75 Å². The molecule has 2 heterocycles. The number of carbonyl (C=O) groups is 1. The Bertz CT molecular complexity index is 1580. The van der Waals surface area contributed by atoms with E-state index in [1.165, 1.54) is 0 Å². The first-order chi connectivity index (χ1) is 18.9. The van der Waals surface area contributed by atoms with Crippen molar-refractivity contribution < 1.29 is 9.53 Å². The van der Waals surface area contributed by atoms with Gasteiger partial charge in [0.1, 0.15) is 11.1 Å². The van der Waals surface area contributed by atoms with E-state index in [9.17, 15) is 9.59 Å². The Labute approximate surface area is 228 Å². The first kappa shape index (κ1) is 26.2. The van der Waals surface area contributed by atoms with Crippen molar-refractivity contribution in [1.29, 1.82) is 0 Å². The number of imidazole rings is 1. The summed E-state index contributed by atoms with van der Waals surface area (Å²) in [5.41, 5.74) is 5.41. The number of rotatable bonds is 10. The highest BCUT2D eigenvalue weighted by Gasteiger charge is 2.23. The topological polar surface area (TPSA) is 79.7 Å². The van der Waals surface area contributed by atoms with Crippen molar-refractivity contribution in [2.45, 2.75) is 45.2 Å². The Balaban J connectivity index is 1.13. The standard InChI is InChI=1S/C32H34N4O3/c1-22-19-27(20-26-21-36-23(2)31(38)34-32(36)33-29(22)26)39-18-12-6-11-17-28(37)35(3)30(24-13-7-4-8-14-24)25-15-9-5-10-16-25/h4-5,7-10,13-16,19-20,30H,2,6,11-12,17-18,21H2,1,3H3,(H,33,34,38). The van der Waals surface area contributed by atoms with Crippen LogP contribution in [-0.4, -0.2) is 34.0 Å². The Kier molecular flexibility index (Phi) is 7.77. The Morgan fingerprint density at radius 2 is 1.72 bits per heavy atom. The fourth-order valence-corrected chi connectivity index (χ4v) is 5.18. The second kappa shape index (κ2) is 11.6. The van der Waals surface area contributed by atoms with E-state index >= 15 is 0 Å². The second-order valence-corrected chi connectivity index (χ2v) is 10.1. The van der Waals surface area contributed by atoms with Crippen molar-refractivity contribution in [2.24, 2.45) is 4.99 Å². The predicted octanol–water partition coefficient (Wildman–Crippen LogP) is 4.40. The van der Waals surface area contributed by atoms with Gasteiger partial charge in [-0.1, -0.05) is 67.2 Å². The van der Waals surface area contributed by atoms with Crippen LogP contribution in [0.3, 0.4) is 0 Å². The molecule has 0 fully saturated rings. The molecule has 0 bridgehead atoms. The van der Waals surface area contributed by atoms with Crippen molar-refractivity contribution in [3.05, 3.63) is 116 Å². The first-order valence-corrected chi connectivity index (χ1v) is 13.4. The van der Waals surface area contributed by atoms with Crippen molar-refractivity contribution in [3.8, 4) is 5.75 Å². The van der Waals surface area contributed by atoms with E-state index in [2.05, 4.69) is 40.8 Å². The van der Waals surface area contributed by atoms with E-state index in [0.717, 1.165) is 53.0 Å². The largest absolute Gasteiger partial charge is 0.494 e. The minimum atomic E-state index is -0.212. The summed E-state index contributed by atoms with van der Waals surface area (Å²) in [4.78, 5) is 34.3. The molecule has 1 aliphatic rings. The van der Waals surface area contributed by atoms with Crippen molar-refractivity contribution >= 4 is 18.2 Å². The molecule has 39 heavy (non-hydrogen) atoms. The molecule has 1 N–H and O–H groups in total. The van der Waals surface area contributed by atoms with Crippen LogP contribution < -0.4 is 21.3 Å². The van der Waals surface area contributed by atoms with Gasteiger partial charge in [0, 0.05) is 19.0 Å². The number of unbranched alkanes of at least 4 members (excludes halogenated alkanes) is 2. The molecule has 1 amide bonds. The summed E-state index contributed by atoms with van der Waals surface area (Å²) >= 11 is 0. The summed E-state index contributed by atoms with van der Waals surface area (Å²) in [6.07, 6.45) is 3.07. The maximum absolute atomic E-state index is 13.1. The maximum atomic E-state index is 13.1. The van der Waals surface area contributed by atoms with Crippen molar-refractivity contribution in [1.82, 2.24) is 14.5 Å². The molecule has 0 saturated heterocycles. The van der Waals surface area contributed by atoms with Crippen LogP contribution >= 0.6 is 0 Å². The quantitative estimate of drug-likeness (QED) is 0.276. The number of hydrogen-bond donors (Lipinski definition) is 1. The lowest BCUT2D eigenvalue weighted by Gasteiger charge is -2.29. The maximum Gasteiger partial charge on any atom is 0.274 e. The van der Waals surface area contributed by atoms with Gasteiger partial charge >= 0.3 is 0 Å². The number of aryl methyl sites for hydroxylation is 1. The lowest BCUT2D eigenvalue weighted by Crippen LogP contribution is -2.32. The summed E-state index contributed by atoms with van der Waals surface area (Å²) in [6, 6.07) is 24.2. The predicted molar refractivity (Wildman–Crippen MR) is 153 cm³/mol. The Hall–Kier alpha value is -4.39. The molecule has 5 rings (SSSR count). The van der Waals surface area contributed by atoms with Crippen LogP contribution in [0.1, 0.15) is 54.0 Å². The molecule has 4 aromatic rings. The zero-order chi connectivity index (χ0) is 27.4. The number of fused-ring (bicyclic) bond motifs is 2. The van der Waals surface area contributed by atoms with E-state index in [-0.39, 0.29) is 17.5 Å². The second-order valence-electron chi connectivity index (χ2n) is 10.1. The third-order valence-corrected chi connectivity index (χ3v) is 7.28. The molecule has 0 radical (unpaired) electrons. The molecular weight excluding hydrogens is 488 g/mol. The fraction of sp³-hybridized carbons (Fsp3) is 0.281. The number of nitrogens with one attached hydrogen (secondary N) is 1. The average Bonchev–Trinajstić information content (AvgIpc) is 3.23. The van der Waals surface area contributed by atoms with Gasteiger partial charge in [0.2, 0.25) is 11.5 Å². The fourth-order valence-electron chi connectivity index (χ4n) is 5.18. The molecule has 3 aromatic carbocycles. The number of carbonyl (C=O) groups excluding carboxylic acids is 1. The number of benzene rings is 3. The van der Waals surface area contributed by atoms with Crippen molar-refractivity contribution in [2.75, 3.05) is 13.7 Å².